The van der Waals surface area contributed by atoms with Crippen LogP contribution >= 0.6 is 0 Å². The Hall–Kier alpha value is -2.37. The van der Waals surface area contributed by atoms with Crippen molar-refractivity contribution >= 4 is 29.1 Å². The SMILES string of the molecule is CC(=O)Nc1ccc(N2CC(C(=O)N3CC(C)CC(C)C3)CC2=O)cc1. The lowest BCUT2D eigenvalue weighted by atomic mass is 9.91. The summed E-state index contributed by atoms with van der Waals surface area (Å²) < 4.78 is 0. The topological polar surface area (TPSA) is 69.7 Å². The molecule has 1 aromatic carbocycles. The van der Waals surface area contributed by atoms with Gasteiger partial charge in [0.1, 0.15) is 0 Å². The van der Waals surface area contributed by atoms with Gasteiger partial charge >= 0.3 is 0 Å². The quantitative estimate of drug-likeness (QED) is 0.904. The molecular formula is C20H27N3O3. The fraction of sp³-hybridized carbons (Fsp3) is 0.550. The first-order valence-electron chi connectivity index (χ1n) is 9.30. The van der Waals surface area contributed by atoms with Crippen LogP contribution in [0.5, 0.6) is 0 Å². The molecule has 2 heterocycles. The van der Waals surface area contributed by atoms with Crippen LogP contribution in [-0.2, 0) is 14.4 Å². The van der Waals surface area contributed by atoms with Crippen molar-refractivity contribution < 1.29 is 14.4 Å². The van der Waals surface area contributed by atoms with Crippen LogP contribution in [0.3, 0.4) is 0 Å². The first-order valence-corrected chi connectivity index (χ1v) is 9.30. The first kappa shape index (κ1) is 18.4. The van der Waals surface area contributed by atoms with E-state index in [-0.39, 0.29) is 30.1 Å². The third kappa shape index (κ3) is 4.06. The molecule has 0 saturated carbocycles. The minimum atomic E-state index is -0.268. The maximum atomic E-state index is 12.9. The summed E-state index contributed by atoms with van der Waals surface area (Å²) >= 11 is 0. The van der Waals surface area contributed by atoms with Gasteiger partial charge in [0.2, 0.25) is 17.7 Å². The van der Waals surface area contributed by atoms with E-state index >= 15 is 0 Å². The smallest absolute Gasteiger partial charge is 0.228 e. The zero-order valence-corrected chi connectivity index (χ0v) is 15.7. The number of amides is 3. The van der Waals surface area contributed by atoms with Gasteiger partial charge in [-0.3, -0.25) is 14.4 Å². The number of anilines is 2. The van der Waals surface area contributed by atoms with Gasteiger partial charge in [0.15, 0.2) is 0 Å². The normalized spacial score (nSPS) is 26.1. The number of benzene rings is 1. The number of likely N-dealkylation sites (tertiary alicyclic amines) is 1. The Morgan fingerprint density at radius 2 is 1.65 bits per heavy atom. The molecule has 3 rings (SSSR count). The minimum Gasteiger partial charge on any atom is -0.342 e. The summed E-state index contributed by atoms with van der Waals surface area (Å²) in [5, 5.41) is 2.71. The number of nitrogens with one attached hydrogen (secondary N) is 1. The standard InChI is InChI=1S/C20H27N3O3/c1-13-8-14(2)11-22(10-13)20(26)16-9-19(25)23(12-16)18-6-4-17(5-7-18)21-15(3)24/h4-7,13-14,16H,8-12H2,1-3H3,(H,21,24). The van der Waals surface area contributed by atoms with Crippen LogP contribution < -0.4 is 10.2 Å². The third-order valence-corrected chi connectivity index (χ3v) is 5.15. The van der Waals surface area contributed by atoms with Crippen molar-refractivity contribution in [2.45, 2.75) is 33.6 Å². The Labute approximate surface area is 154 Å². The molecule has 6 heteroatoms. The second-order valence-corrected chi connectivity index (χ2v) is 7.82. The molecule has 0 radical (unpaired) electrons. The first-order chi connectivity index (χ1) is 12.3. The molecule has 0 bridgehead atoms. The summed E-state index contributed by atoms with van der Waals surface area (Å²) in [6.45, 7) is 7.82. The highest BCUT2D eigenvalue weighted by Crippen LogP contribution is 2.29. The number of carbonyl (C=O) groups excluding carboxylic acids is 3. The van der Waals surface area contributed by atoms with Crippen LogP contribution in [0.15, 0.2) is 24.3 Å². The Balaban J connectivity index is 1.66. The van der Waals surface area contributed by atoms with E-state index in [1.807, 2.05) is 4.90 Å². The lowest BCUT2D eigenvalue weighted by Crippen LogP contribution is -2.45. The molecular weight excluding hydrogens is 330 g/mol. The molecule has 2 fully saturated rings. The van der Waals surface area contributed by atoms with Gasteiger partial charge in [-0.2, -0.15) is 0 Å². The number of nitrogens with zero attached hydrogens (tertiary/aromatic N) is 2. The van der Waals surface area contributed by atoms with Crippen LogP contribution in [0.2, 0.25) is 0 Å². The van der Waals surface area contributed by atoms with Crippen molar-refractivity contribution in [3.8, 4) is 0 Å². The van der Waals surface area contributed by atoms with Gasteiger partial charge in [0, 0.05) is 44.4 Å². The molecule has 3 unspecified atom stereocenters. The molecule has 0 spiro atoms. The van der Waals surface area contributed by atoms with Gasteiger partial charge in [-0.05, 0) is 42.5 Å². The molecule has 0 aromatic heterocycles. The summed E-state index contributed by atoms with van der Waals surface area (Å²) in [6.07, 6.45) is 1.42. The van der Waals surface area contributed by atoms with Crippen LogP contribution in [0.1, 0.15) is 33.6 Å². The predicted molar refractivity (Wildman–Crippen MR) is 101 cm³/mol. The highest BCUT2D eigenvalue weighted by Gasteiger charge is 2.38. The maximum Gasteiger partial charge on any atom is 0.228 e. The van der Waals surface area contributed by atoms with Gasteiger partial charge in [0.05, 0.1) is 5.92 Å². The van der Waals surface area contributed by atoms with Crippen molar-refractivity contribution in [3.05, 3.63) is 24.3 Å². The van der Waals surface area contributed by atoms with Crippen molar-refractivity contribution in [2.75, 3.05) is 29.9 Å². The average Bonchev–Trinajstić information content (AvgIpc) is 2.95. The zero-order valence-electron chi connectivity index (χ0n) is 15.7. The van der Waals surface area contributed by atoms with Gasteiger partial charge in [-0.25, -0.2) is 0 Å². The van der Waals surface area contributed by atoms with Crippen molar-refractivity contribution in [2.24, 2.45) is 17.8 Å². The Bertz CT molecular complexity index is 691. The van der Waals surface area contributed by atoms with E-state index in [0.29, 0.717) is 24.1 Å². The fourth-order valence-corrected chi connectivity index (χ4v) is 4.15. The Kier molecular flexibility index (Phi) is 5.30. The molecule has 1 aromatic rings. The lowest BCUT2D eigenvalue weighted by molar-refractivity contribution is -0.138. The second kappa shape index (κ2) is 7.48. The van der Waals surface area contributed by atoms with Crippen LogP contribution in [-0.4, -0.2) is 42.3 Å². The zero-order chi connectivity index (χ0) is 18.8. The summed E-state index contributed by atoms with van der Waals surface area (Å²) in [6, 6.07) is 7.16. The van der Waals surface area contributed by atoms with E-state index in [4.69, 9.17) is 0 Å². The number of piperidine rings is 1. The van der Waals surface area contributed by atoms with E-state index in [1.54, 1.807) is 29.2 Å². The molecule has 6 nitrogen and oxygen atoms in total. The van der Waals surface area contributed by atoms with Crippen LogP contribution in [0.4, 0.5) is 11.4 Å². The van der Waals surface area contributed by atoms with Crippen molar-refractivity contribution in [1.29, 1.82) is 0 Å². The van der Waals surface area contributed by atoms with Gasteiger partial charge < -0.3 is 15.1 Å². The number of rotatable bonds is 3. The molecule has 2 aliphatic rings. The molecule has 2 saturated heterocycles. The number of hydrogen-bond acceptors (Lipinski definition) is 3. The van der Waals surface area contributed by atoms with E-state index in [0.717, 1.165) is 25.2 Å². The van der Waals surface area contributed by atoms with Crippen LogP contribution in [0, 0.1) is 17.8 Å². The van der Waals surface area contributed by atoms with Crippen LogP contribution in [0.25, 0.3) is 0 Å². The predicted octanol–water partition coefficient (Wildman–Crippen LogP) is 2.50. The van der Waals surface area contributed by atoms with Gasteiger partial charge in [-0.15, -0.1) is 0 Å². The average molecular weight is 357 g/mol. The van der Waals surface area contributed by atoms with Crippen molar-refractivity contribution in [1.82, 2.24) is 4.90 Å². The summed E-state index contributed by atoms with van der Waals surface area (Å²) in [5.41, 5.74) is 1.46. The lowest BCUT2D eigenvalue weighted by Gasteiger charge is -2.36. The molecule has 3 amide bonds. The summed E-state index contributed by atoms with van der Waals surface area (Å²) in [4.78, 5) is 40.1. The highest BCUT2D eigenvalue weighted by atomic mass is 16.2. The van der Waals surface area contributed by atoms with Crippen molar-refractivity contribution in [3.63, 3.8) is 0 Å². The molecule has 140 valence electrons. The number of hydrogen-bond donors (Lipinski definition) is 1. The largest absolute Gasteiger partial charge is 0.342 e. The summed E-state index contributed by atoms with van der Waals surface area (Å²) in [5.74, 6) is 0.706. The Morgan fingerprint density at radius 3 is 2.23 bits per heavy atom. The Morgan fingerprint density at radius 1 is 1.04 bits per heavy atom. The second-order valence-electron chi connectivity index (χ2n) is 7.82. The van der Waals surface area contributed by atoms with E-state index in [2.05, 4.69) is 19.2 Å². The fourth-order valence-electron chi connectivity index (χ4n) is 4.15. The monoisotopic (exact) mass is 357 g/mol. The molecule has 3 atom stereocenters. The summed E-state index contributed by atoms with van der Waals surface area (Å²) in [7, 11) is 0. The molecule has 2 aliphatic heterocycles. The minimum absolute atomic E-state index is 0.0197. The van der Waals surface area contributed by atoms with E-state index in [9.17, 15) is 14.4 Å². The molecule has 26 heavy (non-hydrogen) atoms. The molecule has 1 N–H and O–H groups in total. The van der Waals surface area contributed by atoms with E-state index < -0.39 is 0 Å². The third-order valence-electron chi connectivity index (χ3n) is 5.15. The van der Waals surface area contributed by atoms with Gasteiger partial charge in [0.25, 0.3) is 0 Å². The maximum absolute atomic E-state index is 12.9. The number of carbonyl (C=O) groups is 3. The highest BCUT2D eigenvalue weighted by molar-refractivity contribution is 6.00. The van der Waals surface area contributed by atoms with E-state index in [1.165, 1.54) is 6.92 Å². The van der Waals surface area contributed by atoms with Gasteiger partial charge in [-0.1, -0.05) is 13.8 Å². The molecule has 0 aliphatic carbocycles.